The van der Waals surface area contributed by atoms with Crippen molar-refractivity contribution in [1.29, 1.82) is 0 Å². The molecule has 1 saturated heterocycles. The van der Waals surface area contributed by atoms with Gasteiger partial charge in [0.1, 0.15) is 0 Å². The number of carbonyl (C=O) groups excluding carboxylic acids is 1. The van der Waals surface area contributed by atoms with Crippen LogP contribution in [0.25, 0.3) is 0 Å². The van der Waals surface area contributed by atoms with Crippen LogP contribution in [0.3, 0.4) is 0 Å². The normalized spacial score (nSPS) is 14.2. The van der Waals surface area contributed by atoms with Gasteiger partial charge in [0.2, 0.25) is 0 Å². The van der Waals surface area contributed by atoms with Crippen molar-refractivity contribution < 1.29 is 9.53 Å². The number of anilines is 2. The quantitative estimate of drug-likeness (QED) is 0.788. The molecular weight excluding hydrogens is 316 g/mol. The predicted molar refractivity (Wildman–Crippen MR) is 99.3 cm³/mol. The van der Waals surface area contributed by atoms with Crippen LogP contribution in [0.5, 0.6) is 0 Å². The summed E-state index contributed by atoms with van der Waals surface area (Å²) in [7, 11) is 0. The molecule has 1 aliphatic heterocycles. The summed E-state index contributed by atoms with van der Waals surface area (Å²) in [5, 5.41) is 6.24. The smallest absolute Gasteiger partial charge is 0.251 e. The van der Waals surface area contributed by atoms with Crippen LogP contribution < -0.4 is 15.5 Å². The van der Waals surface area contributed by atoms with Crippen LogP contribution in [0.1, 0.15) is 15.9 Å². The third kappa shape index (κ3) is 4.70. The lowest BCUT2D eigenvalue weighted by molar-refractivity contribution is 0.0955. The van der Waals surface area contributed by atoms with E-state index in [1.165, 1.54) is 0 Å². The molecule has 3 rings (SSSR count). The lowest BCUT2D eigenvalue weighted by Crippen LogP contribution is -2.36. The number of aromatic nitrogens is 1. The number of nitrogens with one attached hydrogen (secondary N) is 2. The maximum absolute atomic E-state index is 12.2. The van der Waals surface area contributed by atoms with Crippen molar-refractivity contribution in [1.82, 2.24) is 10.3 Å². The minimum absolute atomic E-state index is 0.0539. The second-order valence-corrected chi connectivity index (χ2v) is 6.02. The molecule has 2 heterocycles. The van der Waals surface area contributed by atoms with Crippen molar-refractivity contribution in [3.63, 3.8) is 0 Å². The molecule has 1 fully saturated rings. The molecule has 0 atom stereocenters. The van der Waals surface area contributed by atoms with Crippen LogP contribution in [0.2, 0.25) is 0 Å². The number of rotatable bonds is 6. The molecule has 1 aromatic heterocycles. The molecular formula is C19H24N4O2. The molecule has 2 N–H and O–H groups in total. The van der Waals surface area contributed by atoms with Crippen LogP contribution in [0.4, 0.5) is 11.4 Å². The zero-order valence-corrected chi connectivity index (χ0v) is 14.5. The van der Waals surface area contributed by atoms with Crippen molar-refractivity contribution >= 4 is 17.3 Å². The maximum atomic E-state index is 12.2. The Morgan fingerprint density at radius 2 is 1.92 bits per heavy atom. The number of amides is 1. The van der Waals surface area contributed by atoms with E-state index in [4.69, 9.17) is 4.74 Å². The minimum Gasteiger partial charge on any atom is -0.383 e. The second kappa shape index (κ2) is 8.48. The second-order valence-electron chi connectivity index (χ2n) is 6.02. The Balaban J connectivity index is 1.45. The van der Waals surface area contributed by atoms with E-state index >= 15 is 0 Å². The topological polar surface area (TPSA) is 66.5 Å². The van der Waals surface area contributed by atoms with E-state index in [0.29, 0.717) is 18.7 Å². The van der Waals surface area contributed by atoms with Crippen molar-refractivity contribution in [3.8, 4) is 0 Å². The van der Waals surface area contributed by atoms with E-state index in [2.05, 4.69) is 20.5 Å². The molecule has 0 bridgehead atoms. The van der Waals surface area contributed by atoms with E-state index < -0.39 is 0 Å². The van der Waals surface area contributed by atoms with E-state index in [-0.39, 0.29) is 5.91 Å². The fourth-order valence-corrected chi connectivity index (χ4v) is 2.79. The van der Waals surface area contributed by atoms with Crippen LogP contribution >= 0.6 is 0 Å². The number of aryl methyl sites for hydroxylation is 1. The highest BCUT2D eigenvalue weighted by Gasteiger charge is 2.12. The predicted octanol–water partition coefficient (Wildman–Crippen LogP) is 2.07. The molecule has 1 amide bonds. The van der Waals surface area contributed by atoms with E-state index in [1.807, 2.05) is 43.5 Å². The van der Waals surface area contributed by atoms with E-state index in [0.717, 1.165) is 43.2 Å². The highest BCUT2D eigenvalue weighted by molar-refractivity contribution is 5.94. The molecule has 25 heavy (non-hydrogen) atoms. The SMILES string of the molecule is Cc1cnccc1NCCNC(=O)c1ccc(N2CCOCC2)cc1. The zero-order valence-electron chi connectivity index (χ0n) is 14.5. The highest BCUT2D eigenvalue weighted by atomic mass is 16.5. The Hall–Kier alpha value is -2.60. The summed E-state index contributed by atoms with van der Waals surface area (Å²) >= 11 is 0. The Bertz CT molecular complexity index is 697. The van der Waals surface area contributed by atoms with Crippen LogP contribution in [0, 0.1) is 6.92 Å². The van der Waals surface area contributed by atoms with Gasteiger partial charge in [0.15, 0.2) is 0 Å². The minimum atomic E-state index is -0.0539. The number of morpholine rings is 1. The van der Waals surface area contributed by atoms with Gasteiger partial charge in [-0.15, -0.1) is 0 Å². The van der Waals surface area contributed by atoms with Crippen LogP contribution in [-0.4, -0.2) is 50.3 Å². The number of hydrogen-bond acceptors (Lipinski definition) is 5. The molecule has 6 heteroatoms. The molecule has 132 valence electrons. The third-order valence-electron chi connectivity index (χ3n) is 4.25. The Morgan fingerprint density at radius 3 is 2.64 bits per heavy atom. The molecule has 0 spiro atoms. The standard InChI is InChI=1S/C19H24N4O2/c1-15-14-20-7-6-18(15)21-8-9-22-19(24)16-2-4-17(5-3-16)23-10-12-25-13-11-23/h2-7,14H,8-13H2,1H3,(H,20,21)(H,22,24). The number of pyridine rings is 1. The summed E-state index contributed by atoms with van der Waals surface area (Å²) < 4.78 is 5.36. The first-order valence-electron chi connectivity index (χ1n) is 8.59. The van der Waals surface area contributed by atoms with E-state index in [1.54, 1.807) is 6.20 Å². The molecule has 0 aliphatic carbocycles. The lowest BCUT2D eigenvalue weighted by atomic mass is 10.1. The van der Waals surface area contributed by atoms with Gasteiger partial charge in [0.25, 0.3) is 5.91 Å². The summed E-state index contributed by atoms with van der Waals surface area (Å²) in [6, 6.07) is 9.68. The Morgan fingerprint density at radius 1 is 1.16 bits per heavy atom. The van der Waals surface area contributed by atoms with Gasteiger partial charge < -0.3 is 20.3 Å². The van der Waals surface area contributed by atoms with Gasteiger partial charge in [-0.25, -0.2) is 0 Å². The molecule has 2 aromatic rings. The van der Waals surface area contributed by atoms with Crippen molar-refractivity contribution in [2.75, 3.05) is 49.6 Å². The molecule has 1 aromatic carbocycles. The number of ether oxygens (including phenoxy) is 1. The maximum Gasteiger partial charge on any atom is 0.251 e. The van der Waals surface area contributed by atoms with Gasteiger partial charge in [0, 0.05) is 55.5 Å². The summed E-state index contributed by atoms with van der Waals surface area (Å²) in [6.07, 6.45) is 3.57. The van der Waals surface area contributed by atoms with Crippen molar-refractivity contribution in [3.05, 3.63) is 53.9 Å². The summed E-state index contributed by atoms with van der Waals surface area (Å²) in [5.74, 6) is -0.0539. The van der Waals surface area contributed by atoms with E-state index in [9.17, 15) is 4.79 Å². The highest BCUT2D eigenvalue weighted by Crippen LogP contribution is 2.16. The first-order chi connectivity index (χ1) is 12.2. The molecule has 0 unspecified atom stereocenters. The third-order valence-corrected chi connectivity index (χ3v) is 4.25. The largest absolute Gasteiger partial charge is 0.383 e. The van der Waals surface area contributed by atoms with Gasteiger partial charge in [-0.05, 0) is 42.8 Å². The fraction of sp³-hybridized carbons (Fsp3) is 0.368. The molecule has 0 saturated carbocycles. The summed E-state index contributed by atoms with van der Waals surface area (Å²) in [5.41, 5.74) is 3.94. The number of benzene rings is 1. The summed E-state index contributed by atoms with van der Waals surface area (Å²) in [6.45, 7) is 6.54. The monoisotopic (exact) mass is 340 g/mol. The van der Waals surface area contributed by atoms with Crippen LogP contribution in [0.15, 0.2) is 42.7 Å². The summed E-state index contributed by atoms with van der Waals surface area (Å²) in [4.78, 5) is 18.6. The van der Waals surface area contributed by atoms with Gasteiger partial charge in [-0.1, -0.05) is 0 Å². The van der Waals surface area contributed by atoms with Gasteiger partial charge in [-0.2, -0.15) is 0 Å². The molecule has 0 radical (unpaired) electrons. The molecule has 6 nitrogen and oxygen atoms in total. The first-order valence-corrected chi connectivity index (χ1v) is 8.59. The number of hydrogen-bond donors (Lipinski definition) is 2. The van der Waals surface area contributed by atoms with Gasteiger partial charge in [0.05, 0.1) is 13.2 Å². The van der Waals surface area contributed by atoms with Gasteiger partial charge >= 0.3 is 0 Å². The molecule has 1 aliphatic rings. The van der Waals surface area contributed by atoms with Crippen molar-refractivity contribution in [2.45, 2.75) is 6.92 Å². The average molecular weight is 340 g/mol. The number of carbonyl (C=O) groups is 1. The zero-order chi connectivity index (χ0) is 17.5. The lowest BCUT2D eigenvalue weighted by Gasteiger charge is -2.28. The van der Waals surface area contributed by atoms with Crippen LogP contribution in [-0.2, 0) is 4.74 Å². The average Bonchev–Trinajstić information content (AvgIpc) is 2.67. The fourth-order valence-electron chi connectivity index (χ4n) is 2.79. The number of nitrogens with zero attached hydrogens (tertiary/aromatic N) is 2. The first kappa shape index (κ1) is 17.2. The Labute approximate surface area is 148 Å². The Kier molecular flexibility index (Phi) is 5.85. The van der Waals surface area contributed by atoms with Crippen molar-refractivity contribution in [2.24, 2.45) is 0 Å². The van der Waals surface area contributed by atoms with Gasteiger partial charge in [-0.3, -0.25) is 9.78 Å².